The Morgan fingerprint density at radius 1 is 0.929 bits per heavy atom. The van der Waals surface area contributed by atoms with E-state index in [9.17, 15) is 4.79 Å². The fourth-order valence-corrected chi connectivity index (χ4v) is 8.20. The predicted molar refractivity (Wildman–Crippen MR) is 113 cm³/mol. The lowest BCUT2D eigenvalue weighted by atomic mass is 9.40. The summed E-state index contributed by atoms with van der Waals surface area (Å²) in [7, 11) is 0. The second-order valence-electron chi connectivity index (χ2n) is 11.3. The molecule has 4 saturated carbocycles. The zero-order chi connectivity index (χ0) is 19.4. The van der Waals surface area contributed by atoms with Gasteiger partial charge in [-0.25, -0.2) is 0 Å². The molecule has 1 aliphatic heterocycles. The predicted octanol–water partition coefficient (Wildman–Crippen LogP) is 4.72. The molecular weight excluding hydrogens is 344 g/mol. The molecule has 3 nitrogen and oxygen atoms in total. The highest BCUT2D eigenvalue weighted by molar-refractivity contribution is 5.83. The average Bonchev–Trinajstić information content (AvgIpc) is 2.84. The molecule has 28 heavy (non-hydrogen) atoms. The zero-order valence-corrected chi connectivity index (χ0v) is 17.8. The first-order chi connectivity index (χ1) is 13.4. The van der Waals surface area contributed by atoms with Gasteiger partial charge < -0.3 is 4.90 Å². The molecule has 3 heteroatoms. The number of hydrogen-bond donors (Lipinski definition) is 0. The number of nitrogens with zero attached hydrogens (tertiary/aromatic N) is 2. The topological polar surface area (TPSA) is 23.6 Å². The van der Waals surface area contributed by atoms with Crippen LogP contribution >= 0.6 is 0 Å². The standard InChI is InChI=1S/C25H36N2O/c1-23-13-21-14-24(2,17-23)19-25(15-21,18-23)22(28)27-10-6-9-26(11-12-27)16-20-7-4-3-5-8-20/h3-5,7-8,21H,6,9-19H2,1-2H3. The van der Waals surface area contributed by atoms with E-state index in [0.717, 1.165) is 57.9 Å². The van der Waals surface area contributed by atoms with Crippen LogP contribution in [-0.2, 0) is 11.3 Å². The van der Waals surface area contributed by atoms with Crippen LogP contribution in [0.2, 0.25) is 0 Å². The summed E-state index contributed by atoms with van der Waals surface area (Å²) in [5.41, 5.74) is 2.16. The minimum absolute atomic E-state index is 0.0441. The Labute approximate surface area is 170 Å². The van der Waals surface area contributed by atoms with Gasteiger partial charge in [-0.2, -0.15) is 0 Å². The number of carbonyl (C=O) groups excluding carboxylic acids is 1. The van der Waals surface area contributed by atoms with Crippen molar-refractivity contribution < 1.29 is 4.79 Å². The van der Waals surface area contributed by atoms with Gasteiger partial charge in [-0.05, 0) is 67.3 Å². The van der Waals surface area contributed by atoms with Crippen molar-refractivity contribution in [2.75, 3.05) is 26.2 Å². The van der Waals surface area contributed by atoms with Gasteiger partial charge in [0.2, 0.25) is 5.91 Å². The van der Waals surface area contributed by atoms with Gasteiger partial charge in [-0.15, -0.1) is 0 Å². The van der Waals surface area contributed by atoms with Gasteiger partial charge in [-0.1, -0.05) is 44.2 Å². The van der Waals surface area contributed by atoms with Crippen LogP contribution in [0.3, 0.4) is 0 Å². The Bertz CT molecular complexity index is 726. The van der Waals surface area contributed by atoms with Gasteiger partial charge >= 0.3 is 0 Å². The summed E-state index contributed by atoms with van der Waals surface area (Å²) >= 11 is 0. The second-order valence-corrected chi connectivity index (χ2v) is 11.3. The number of carbonyl (C=O) groups is 1. The van der Waals surface area contributed by atoms with E-state index in [1.54, 1.807) is 0 Å². The third-order valence-electron chi connectivity index (χ3n) is 8.20. The molecule has 1 heterocycles. The molecule has 0 N–H and O–H groups in total. The molecule has 5 fully saturated rings. The van der Waals surface area contributed by atoms with E-state index in [2.05, 4.69) is 54.0 Å². The fourth-order valence-electron chi connectivity index (χ4n) is 8.20. The van der Waals surface area contributed by atoms with Crippen LogP contribution in [0.25, 0.3) is 0 Å². The maximum Gasteiger partial charge on any atom is 0.228 e. The molecule has 0 radical (unpaired) electrons. The first-order valence-electron chi connectivity index (χ1n) is 11.4. The molecule has 0 aromatic heterocycles. The molecule has 1 saturated heterocycles. The van der Waals surface area contributed by atoms with Gasteiger partial charge in [0.25, 0.3) is 0 Å². The van der Waals surface area contributed by atoms with Crippen LogP contribution in [0, 0.1) is 22.2 Å². The van der Waals surface area contributed by atoms with E-state index in [1.807, 2.05) is 0 Å². The van der Waals surface area contributed by atoms with Gasteiger partial charge in [0.05, 0.1) is 5.41 Å². The SMILES string of the molecule is CC12CC3CC(C)(C1)CC(C(=O)N1CCCN(Cc4ccccc4)CC1)(C3)C2. The molecule has 4 bridgehead atoms. The molecule has 2 unspecified atom stereocenters. The van der Waals surface area contributed by atoms with Gasteiger partial charge in [0.15, 0.2) is 0 Å². The first kappa shape index (κ1) is 18.7. The number of rotatable bonds is 3. The number of amides is 1. The van der Waals surface area contributed by atoms with E-state index in [4.69, 9.17) is 0 Å². The normalized spacial score (nSPS) is 40.5. The lowest BCUT2D eigenvalue weighted by Gasteiger charge is -2.65. The van der Waals surface area contributed by atoms with Crippen LogP contribution < -0.4 is 0 Å². The third-order valence-corrected chi connectivity index (χ3v) is 8.20. The van der Waals surface area contributed by atoms with E-state index >= 15 is 0 Å². The molecule has 6 rings (SSSR count). The highest BCUT2D eigenvalue weighted by Gasteiger charge is 2.63. The Hall–Kier alpha value is -1.35. The smallest absolute Gasteiger partial charge is 0.228 e. The molecule has 1 aromatic rings. The molecule has 1 aromatic carbocycles. The summed E-state index contributed by atoms with van der Waals surface area (Å²) in [5.74, 6) is 1.30. The monoisotopic (exact) mass is 380 g/mol. The Balaban J connectivity index is 1.28. The van der Waals surface area contributed by atoms with E-state index in [-0.39, 0.29) is 5.41 Å². The maximum absolute atomic E-state index is 13.9. The van der Waals surface area contributed by atoms with Crippen molar-refractivity contribution in [3.05, 3.63) is 35.9 Å². The van der Waals surface area contributed by atoms with Crippen molar-refractivity contribution in [2.45, 2.75) is 65.3 Å². The summed E-state index contributed by atoms with van der Waals surface area (Å²) in [5, 5.41) is 0. The molecule has 0 spiro atoms. The van der Waals surface area contributed by atoms with Crippen molar-refractivity contribution in [2.24, 2.45) is 22.2 Å². The highest BCUT2D eigenvalue weighted by atomic mass is 16.2. The Morgan fingerprint density at radius 3 is 2.32 bits per heavy atom. The van der Waals surface area contributed by atoms with Gasteiger partial charge in [0, 0.05) is 32.7 Å². The summed E-state index contributed by atoms with van der Waals surface area (Å²) < 4.78 is 0. The lowest BCUT2D eigenvalue weighted by Crippen LogP contribution is -2.60. The summed E-state index contributed by atoms with van der Waals surface area (Å²) in [6, 6.07) is 10.8. The van der Waals surface area contributed by atoms with Crippen molar-refractivity contribution in [1.29, 1.82) is 0 Å². The largest absolute Gasteiger partial charge is 0.341 e. The van der Waals surface area contributed by atoms with Crippen LogP contribution in [0.15, 0.2) is 30.3 Å². The molecule has 152 valence electrons. The fraction of sp³-hybridized carbons (Fsp3) is 0.720. The van der Waals surface area contributed by atoms with E-state index < -0.39 is 0 Å². The Morgan fingerprint density at radius 2 is 1.64 bits per heavy atom. The molecule has 4 aliphatic carbocycles. The maximum atomic E-state index is 13.9. The minimum Gasteiger partial charge on any atom is -0.341 e. The molecule has 2 atom stereocenters. The van der Waals surface area contributed by atoms with Crippen molar-refractivity contribution >= 4 is 5.91 Å². The molecule has 5 aliphatic rings. The average molecular weight is 381 g/mol. The van der Waals surface area contributed by atoms with Crippen LogP contribution in [0.1, 0.15) is 64.4 Å². The zero-order valence-electron chi connectivity index (χ0n) is 17.8. The Kier molecular flexibility index (Phi) is 4.39. The molecule has 1 amide bonds. The highest BCUT2D eigenvalue weighted by Crippen LogP contribution is 2.69. The third kappa shape index (κ3) is 3.30. The number of hydrogen-bond acceptors (Lipinski definition) is 2. The summed E-state index contributed by atoms with van der Waals surface area (Å²) in [6.45, 7) is 9.92. The van der Waals surface area contributed by atoms with Crippen LogP contribution in [-0.4, -0.2) is 41.9 Å². The number of benzene rings is 1. The van der Waals surface area contributed by atoms with Gasteiger partial charge in [-0.3, -0.25) is 9.69 Å². The van der Waals surface area contributed by atoms with Gasteiger partial charge in [0.1, 0.15) is 0 Å². The van der Waals surface area contributed by atoms with Crippen molar-refractivity contribution in [3.63, 3.8) is 0 Å². The van der Waals surface area contributed by atoms with Crippen LogP contribution in [0.4, 0.5) is 0 Å². The van der Waals surface area contributed by atoms with Crippen LogP contribution in [0.5, 0.6) is 0 Å². The lowest BCUT2D eigenvalue weighted by molar-refractivity contribution is -0.179. The quantitative estimate of drug-likeness (QED) is 0.758. The molecular formula is C25H36N2O. The van der Waals surface area contributed by atoms with Crippen molar-refractivity contribution in [1.82, 2.24) is 9.80 Å². The second kappa shape index (κ2) is 6.58. The van der Waals surface area contributed by atoms with E-state index in [1.165, 1.54) is 31.2 Å². The van der Waals surface area contributed by atoms with E-state index in [0.29, 0.717) is 16.7 Å². The summed E-state index contributed by atoms with van der Waals surface area (Å²) in [4.78, 5) is 18.6. The minimum atomic E-state index is -0.0441. The van der Waals surface area contributed by atoms with Crippen molar-refractivity contribution in [3.8, 4) is 0 Å². The summed E-state index contributed by atoms with van der Waals surface area (Å²) in [6.07, 6.45) is 8.64. The first-order valence-corrected chi connectivity index (χ1v) is 11.4.